The summed E-state index contributed by atoms with van der Waals surface area (Å²) < 4.78 is 1.63. The van der Waals surface area contributed by atoms with Gasteiger partial charge in [0.05, 0.1) is 11.9 Å². The molecular formula is C7H10ClN3O. The zero-order valence-corrected chi connectivity index (χ0v) is 7.75. The Morgan fingerprint density at radius 1 is 1.83 bits per heavy atom. The predicted molar refractivity (Wildman–Crippen MR) is 47.3 cm³/mol. The average molecular weight is 188 g/mol. The van der Waals surface area contributed by atoms with Crippen LogP contribution in [0.3, 0.4) is 0 Å². The van der Waals surface area contributed by atoms with Gasteiger partial charge in [-0.1, -0.05) is 0 Å². The number of amides is 1. The molecule has 1 aromatic heterocycles. The van der Waals surface area contributed by atoms with Gasteiger partial charge in [0, 0.05) is 20.3 Å². The van der Waals surface area contributed by atoms with E-state index >= 15 is 0 Å². The minimum absolute atomic E-state index is 0.00854. The molecule has 0 bridgehead atoms. The molecule has 0 N–H and O–H groups in total. The Kier molecular flexibility index (Phi) is 2.70. The van der Waals surface area contributed by atoms with Crippen LogP contribution in [0.4, 0.5) is 5.69 Å². The normalized spacial score (nSPS) is 9.92. The summed E-state index contributed by atoms with van der Waals surface area (Å²) in [4.78, 5) is 12.6. The van der Waals surface area contributed by atoms with Crippen molar-refractivity contribution in [2.45, 2.75) is 0 Å². The quantitative estimate of drug-likeness (QED) is 0.637. The molecule has 1 aromatic rings. The molecule has 0 aliphatic rings. The Balaban J connectivity index is 2.77. The SMILES string of the molecule is CN(C(=O)CCl)c1cnn(C)c1. The molecule has 0 unspecified atom stereocenters. The molecule has 5 heteroatoms. The molecule has 0 aliphatic heterocycles. The van der Waals surface area contributed by atoms with Gasteiger partial charge in [-0.2, -0.15) is 5.10 Å². The number of rotatable bonds is 2. The van der Waals surface area contributed by atoms with Gasteiger partial charge in [-0.15, -0.1) is 11.6 Å². The number of hydrogen-bond donors (Lipinski definition) is 0. The van der Waals surface area contributed by atoms with Gasteiger partial charge in [0.25, 0.3) is 0 Å². The third-order valence-corrected chi connectivity index (χ3v) is 1.80. The predicted octanol–water partition coefficient (Wildman–Crippen LogP) is 0.622. The van der Waals surface area contributed by atoms with Crippen LogP contribution in [0.5, 0.6) is 0 Å². The van der Waals surface area contributed by atoms with E-state index in [1.165, 1.54) is 4.90 Å². The lowest BCUT2D eigenvalue weighted by atomic mass is 10.5. The summed E-state index contributed by atoms with van der Waals surface area (Å²) in [7, 11) is 3.46. The molecule has 0 radical (unpaired) electrons. The molecule has 12 heavy (non-hydrogen) atoms. The molecule has 1 rings (SSSR count). The highest BCUT2D eigenvalue weighted by atomic mass is 35.5. The molecule has 0 atom stereocenters. The van der Waals surface area contributed by atoms with E-state index in [-0.39, 0.29) is 11.8 Å². The maximum atomic E-state index is 11.1. The van der Waals surface area contributed by atoms with Crippen molar-refractivity contribution in [2.24, 2.45) is 7.05 Å². The van der Waals surface area contributed by atoms with Gasteiger partial charge in [-0.05, 0) is 0 Å². The van der Waals surface area contributed by atoms with Crippen LogP contribution in [-0.4, -0.2) is 28.6 Å². The summed E-state index contributed by atoms with van der Waals surface area (Å²) in [5.41, 5.74) is 0.753. The van der Waals surface area contributed by atoms with Crippen LogP contribution in [0.25, 0.3) is 0 Å². The number of anilines is 1. The highest BCUT2D eigenvalue weighted by Crippen LogP contribution is 2.09. The van der Waals surface area contributed by atoms with Crippen molar-refractivity contribution in [3.8, 4) is 0 Å². The molecule has 0 aromatic carbocycles. The first kappa shape index (κ1) is 9.06. The van der Waals surface area contributed by atoms with Crippen LogP contribution >= 0.6 is 11.6 Å². The summed E-state index contributed by atoms with van der Waals surface area (Å²) in [6.07, 6.45) is 3.37. The summed E-state index contributed by atoms with van der Waals surface area (Å²) in [6, 6.07) is 0. The number of aryl methyl sites for hydroxylation is 1. The van der Waals surface area contributed by atoms with Gasteiger partial charge in [0.2, 0.25) is 5.91 Å². The third kappa shape index (κ3) is 1.76. The Morgan fingerprint density at radius 3 is 2.92 bits per heavy atom. The minimum atomic E-state index is -0.135. The fourth-order valence-electron chi connectivity index (χ4n) is 0.815. The largest absolute Gasteiger partial charge is 0.312 e. The van der Waals surface area contributed by atoms with Crippen molar-refractivity contribution in [2.75, 3.05) is 17.8 Å². The first-order chi connectivity index (χ1) is 5.65. The number of carbonyl (C=O) groups is 1. The Labute approximate surface area is 75.7 Å². The molecule has 1 heterocycles. The van der Waals surface area contributed by atoms with Gasteiger partial charge in [0.1, 0.15) is 5.88 Å². The monoisotopic (exact) mass is 187 g/mol. The lowest BCUT2D eigenvalue weighted by Gasteiger charge is -2.12. The zero-order chi connectivity index (χ0) is 9.14. The Morgan fingerprint density at radius 2 is 2.50 bits per heavy atom. The molecule has 0 saturated carbocycles. The second kappa shape index (κ2) is 3.58. The number of carbonyl (C=O) groups excluding carboxylic acids is 1. The van der Waals surface area contributed by atoms with Gasteiger partial charge in [-0.3, -0.25) is 9.48 Å². The number of nitrogens with zero attached hydrogens (tertiary/aromatic N) is 3. The van der Waals surface area contributed by atoms with Gasteiger partial charge < -0.3 is 4.90 Å². The van der Waals surface area contributed by atoms with Crippen molar-refractivity contribution in [1.82, 2.24) is 9.78 Å². The fraction of sp³-hybridized carbons (Fsp3) is 0.429. The fourth-order valence-corrected chi connectivity index (χ4v) is 0.994. The smallest absolute Gasteiger partial charge is 0.241 e. The van der Waals surface area contributed by atoms with Crippen LogP contribution in [0.15, 0.2) is 12.4 Å². The van der Waals surface area contributed by atoms with E-state index in [2.05, 4.69) is 5.10 Å². The number of aromatic nitrogens is 2. The standard InChI is InChI=1S/C7H10ClN3O/c1-10-5-6(4-9-10)11(2)7(12)3-8/h4-5H,3H2,1-2H3. The Hall–Kier alpha value is -1.03. The zero-order valence-electron chi connectivity index (χ0n) is 6.99. The second-order valence-electron chi connectivity index (χ2n) is 2.46. The minimum Gasteiger partial charge on any atom is -0.312 e. The van der Waals surface area contributed by atoms with Crippen molar-refractivity contribution in [3.63, 3.8) is 0 Å². The van der Waals surface area contributed by atoms with Crippen LogP contribution in [0, 0.1) is 0 Å². The second-order valence-corrected chi connectivity index (χ2v) is 2.73. The molecule has 0 saturated heterocycles. The average Bonchev–Trinajstić information content (AvgIpc) is 2.49. The van der Waals surface area contributed by atoms with E-state index < -0.39 is 0 Å². The third-order valence-electron chi connectivity index (χ3n) is 1.57. The van der Waals surface area contributed by atoms with Crippen LogP contribution in [-0.2, 0) is 11.8 Å². The van der Waals surface area contributed by atoms with E-state index in [0.717, 1.165) is 5.69 Å². The van der Waals surface area contributed by atoms with Crippen molar-refractivity contribution in [1.29, 1.82) is 0 Å². The highest BCUT2D eigenvalue weighted by molar-refractivity contribution is 6.29. The molecule has 66 valence electrons. The number of alkyl halides is 1. The van der Waals surface area contributed by atoms with E-state index in [9.17, 15) is 4.79 Å². The molecular weight excluding hydrogens is 178 g/mol. The molecule has 0 fully saturated rings. The van der Waals surface area contributed by atoms with Crippen LogP contribution < -0.4 is 4.90 Å². The van der Waals surface area contributed by atoms with E-state index in [0.29, 0.717) is 0 Å². The topological polar surface area (TPSA) is 38.1 Å². The molecule has 4 nitrogen and oxygen atoms in total. The maximum Gasteiger partial charge on any atom is 0.241 e. The van der Waals surface area contributed by atoms with Crippen molar-refractivity contribution >= 4 is 23.2 Å². The number of hydrogen-bond acceptors (Lipinski definition) is 2. The van der Waals surface area contributed by atoms with Crippen LogP contribution in [0.2, 0.25) is 0 Å². The first-order valence-corrected chi connectivity index (χ1v) is 3.99. The lowest BCUT2D eigenvalue weighted by Crippen LogP contribution is -2.26. The molecule has 0 spiro atoms. The van der Waals surface area contributed by atoms with Gasteiger partial charge in [-0.25, -0.2) is 0 Å². The number of halogens is 1. The highest BCUT2D eigenvalue weighted by Gasteiger charge is 2.09. The molecule has 1 amide bonds. The van der Waals surface area contributed by atoms with Crippen LogP contribution in [0.1, 0.15) is 0 Å². The van der Waals surface area contributed by atoms with Crippen molar-refractivity contribution in [3.05, 3.63) is 12.4 Å². The summed E-state index contributed by atoms with van der Waals surface area (Å²) >= 11 is 5.39. The summed E-state index contributed by atoms with van der Waals surface area (Å²) in [6.45, 7) is 0. The lowest BCUT2D eigenvalue weighted by molar-refractivity contribution is -0.116. The molecule has 0 aliphatic carbocycles. The van der Waals surface area contributed by atoms with Gasteiger partial charge in [0.15, 0.2) is 0 Å². The first-order valence-electron chi connectivity index (χ1n) is 3.46. The van der Waals surface area contributed by atoms with E-state index in [1.807, 2.05) is 0 Å². The van der Waals surface area contributed by atoms with E-state index in [4.69, 9.17) is 11.6 Å². The maximum absolute atomic E-state index is 11.1. The van der Waals surface area contributed by atoms with Gasteiger partial charge >= 0.3 is 0 Å². The summed E-state index contributed by atoms with van der Waals surface area (Å²) in [5.74, 6) is -0.143. The summed E-state index contributed by atoms with van der Waals surface area (Å²) in [5, 5.41) is 3.93. The van der Waals surface area contributed by atoms with E-state index in [1.54, 1.807) is 31.2 Å². The van der Waals surface area contributed by atoms with Crippen molar-refractivity contribution < 1.29 is 4.79 Å². The Bertz CT molecular complexity index is 284.